The molecule has 2 heterocycles. The topological polar surface area (TPSA) is 42.1 Å². The normalized spacial score (nSPS) is 13.1. The molecule has 1 atom stereocenters. The summed E-state index contributed by atoms with van der Waals surface area (Å²) in [6.07, 6.45) is 3.79. The largest absolute Gasteiger partial charge is 0.329 e. The van der Waals surface area contributed by atoms with Crippen molar-refractivity contribution in [2.45, 2.75) is 39.4 Å². The molecule has 2 aromatic heterocycles. The number of rotatable bonds is 6. The van der Waals surface area contributed by atoms with Crippen LogP contribution < -0.4 is 5.73 Å². The van der Waals surface area contributed by atoms with Crippen molar-refractivity contribution in [2.24, 2.45) is 5.73 Å². The number of nitrogens with zero attached hydrogens (tertiary/aromatic N) is 2. The number of nitrogens with two attached hydrogens (primary N) is 1. The molecular formula is C16H23N3S. The molecule has 1 unspecified atom stereocenters. The van der Waals surface area contributed by atoms with Crippen LogP contribution in [0.3, 0.4) is 0 Å². The lowest BCUT2D eigenvalue weighted by Crippen LogP contribution is -2.38. The molecule has 0 radical (unpaired) electrons. The van der Waals surface area contributed by atoms with Gasteiger partial charge in [0, 0.05) is 42.4 Å². The van der Waals surface area contributed by atoms with E-state index in [1.54, 1.807) is 11.3 Å². The minimum atomic E-state index is 0.214. The Morgan fingerprint density at radius 1 is 1.35 bits per heavy atom. The van der Waals surface area contributed by atoms with Crippen molar-refractivity contribution in [3.8, 4) is 0 Å². The van der Waals surface area contributed by atoms with Crippen LogP contribution in [-0.4, -0.2) is 22.5 Å². The van der Waals surface area contributed by atoms with Crippen LogP contribution in [0.2, 0.25) is 0 Å². The summed E-state index contributed by atoms with van der Waals surface area (Å²) in [5.41, 5.74) is 8.57. The van der Waals surface area contributed by atoms with Crippen LogP contribution in [0.1, 0.15) is 35.9 Å². The molecule has 2 N–H and O–H groups in total. The van der Waals surface area contributed by atoms with E-state index in [1.165, 1.54) is 16.0 Å². The van der Waals surface area contributed by atoms with Crippen LogP contribution in [0.4, 0.5) is 0 Å². The van der Waals surface area contributed by atoms with Crippen LogP contribution in [0, 0.1) is 6.92 Å². The van der Waals surface area contributed by atoms with Crippen molar-refractivity contribution in [2.75, 3.05) is 6.54 Å². The number of aromatic nitrogens is 1. The van der Waals surface area contributed by atoms with Gasteiger partial charge in [-0.25, -0.2) is 0 Å². The van der Waals surface area contributed by atoms with Gasteiger partial charge < -0.3 is 5.73 Å². The first-order valence-corrected chi connectivity index (χ1v) is 7.90. The van der Waals surface area contributed by atoms with Crippen LogP contribution in [0.5, 0.6) is 0 Å². The zero-order chi connectivity index (χ0) is 14.5. The fraction of sp³-hybridized carbons (Fsp3) is 0.438. The number of hydrogen-bond acceptors (Lipinski definition) is 4. The van der Waals surface area contributed by atoms with E-state index in [1.807, 2.05) is 12.4 Å². The third-order valence-electron chi connectivity index (χ3n) is 3.64. The predicted molar refractivity (Wildman–Crippen MR) is 85.8 cm³/mol. The Labute approximate surface area is 125 Å². The van der Waals surface area contributed by atoms with E-state index in [0.29, 0.717) is 12.6 Å². The van der Waals surface area contributed by atoms with Gasteiger partial charge in [0.15, 0.2) is 0 Å². The Morgan fingerprint density at radius 3 is 2.70 bits per heavy atom. The molecule has 0 aromatic carbocycles. The van der Waals surface area contributed by atoms with Gasteiger partial charge in [-0.3, -0.25) is 9.88 Å². The second-order valence-electron chi connectivity index (χ2n) is 5.33. The van der Waals surface area contributed by atoms with Gasteiger partial charge in [-0.1, -0.05) is 6.07 Å². The highest BCUT2D eigenvalue weighted by molar-refractivity contribution is 7.09. The third kappa shape index (κ3) is 3.45. The van der Waals surface area contributed by atoms with E-state index in [-0.39, 0.29) is 6.04 Å². The molecule has 108 valence electrons. The lowest BCUT2D eigenvalue weighted by Gasteiger charge is -2.34. The standard InChI is InChI=1S/C16H23N3S/c1-12(2)19(11-14-5-4-8-20-14)16(9-17)15-10-18-7-6-13(15)3/h4-8,10,12,16H,9,11,17H2,1-3H3. The Morgan fingerprint density at radius 2 is 2.15 bits per heavy atom. The van der Waals surface area contributed by atoms with E-state index >= 15 is 0 Å². The van der Waals surface area contributed by atoms with Crippen molar-refractivity contribution in [1.82, 2.24) is 9.88 Å². The molecule has 4 heteroatoms. The summed E-state index contributed by atoms with van der Waals surface area (Å²) in [4.78, 5) is 8.10. The maximum Gasteiger partial charge on any atom is 0.0494 e. The highest BCUT2D eigenvalue weighted by atomic mass is 32.1. The Balaban J connectivity index is 2.28. The lowest BCUT2D eigenvalue weighted by molar-refractivity contribution is 0.149. The molecule has 0 saturated carbocycles. The minimum absolute atomic E-state index is 0.214. The van der Waals surface area contributed by atoms with Gasteiger partial charge in [-0.15, -0.1) is 11.3 Å². The molecular weight excluding hydrogens is 266 g/mol. The maximum absolute atomic E-state index is 6.08. The lowest BCUT2D eigenvalue weighted by atomic mass is 10.0. The van der Waals surface area contributed by atoms with Crippen molar-refractivity contribution in [3.05, 3.63) is 52.0 Å². The molecule has 0 amide bonds. The average molecular weight is 289 g/mol. The fourth-order valence-corrected chi connectivity index (χ4v) is 3.21. The third-order valence-corrected chi connectivity index (χ3v) is 4.51. The van der Waals surface area contributed by atoms with Crippen LogP contribution in [0.25, 0.3) is 0 Å². The van der Waals surface area contributed by atoms with E-state index in [4.69, 9.17) is 5.73 Å². The van der Waals surface area contributed by atoms with E-state index in [2.05, 4.69) is 54.2 Å². The smallest absolute Gasteiger partial charge is 0.0494 e. The van der Waals surface area contributed by atoms with E-state index in [9.17, 15) is 0 Å². The first kappa shape index (κ1) is 15.2. The van der Waals surface area contributed by atoms with Gasteiger partial charge in [0.1, 0.15) is 0 Å². The minimum Gasteiger partial charge on any atom is -0.329 e. The van der Waals surface area contributed by atoms with E-state index < -0.39 is 0 Å². The second-order valence-corrected chi connectivity index (χ2v) is 6.36. The monoisotopic (exact) mass is 289 g/mol. The fourth-order valence-electron chi connectivity index (χ4n) is 2.50. The summed E-state index contributed by atoms with van der Waals surface area (Å²) >= 11 is 1.80. The van der Waals surface area contributed by atoms with Gasteiger partial charge in [-0.05, 0) is 49.4 Å². The van der Waals surface area contributed by atoms with Gasteiger partial charge >= 0.3 is 0 Å². The molecule has 0 spiro atoms. The SMILES string of the molecule is Cc1ccncc1C(CN)N(Cc1cccs1)C(C)C. The van der Waals surface area contributed by atoms with Crippen LogP contribution >= 0.6 is 11.3 Å². The van der Waals surface area contributed by atoms with Crippen molar-refractivity contribution >= 4 is 11.3 Å². The molecule has 0 bridgehead atoms. The summed E-state index contributed by atoms with van der Waals surface area (Å²) in [5, 5.41) is 2.13. The summed E-state index contributed by atoms with van der Waals surface area (Å²) < 4.78 is 0. The summed E-state index contributed by atoms with van der Waals surface area (Å²) in [5.74, 6) is 0. The molecule has 0 fully saturated rings. The summed E-state index contributed by atoms with van der Waals surface area (Å²) in [6, 6.07) is 6.99. The van der Waals surface area contributed by atoms with Crippen molar-refractivity contribution < 1.29 is 0 Å². The van der Waals surface area contributed by atoms with Crippen molar-refractivity contribution in [3.63, 3.8) is 0 Å². The van der Waals surface area contributed by atoms with Gasteiger partial charge in [0.05, 0.1) is 0 Å². The van der Waals surface area contributed by atoms with Crippen LogP contribution in [-0.2, 0) is 6.54 Å². The predicted octanol–water partition coefficient (Wildman–Crippen LogP) is 3.36. The molecule has 0 saturated heterocycles. The number of thiophene rings is 1. The molecule has 3 nitrogen and oxygen atoms in total. The second kappa shape index (κ2) is 6.97. The first-order valence-electron chi connectivity index (χ1n) is 7.02. The highest BCUT2D eigenvalue weighted by Gasteiger charge is 2.23. The van der Waals surface area contributed by atoms with Gasteiger partial charge in [0.25, 0.3) is 0 Å². The van der Waals surface area contributed by atoms with Crippen molar-refractivity contribution in [1.29, 1.82) is 0 Å². The highest BCUT2D eigenvalue weighted by Crippen LogP contribution is 2.27. The molecule has 2 aromatic rings. The van der Waals surface area contributed by atoms with Gasteiger partial charge in [0.2, 0.25) is 0 Å². The Kier molecular flexibility index (Phi) is 5.29. The molecule has 0 aliphatic heterocycles. The molecule has 0 aliphatic rings. The zero-order valence-electron chi connectivity index (χ0n) is 12.4. The zero-order valence-corrected chi connectivity index (χ0v) is 13.2. The first-order chi connectivity index (χ1) is 9.63. The molecule has 2 rings (SSSR count). The quantitative estimate of drug-likeness (QED) is 0.886. The summed E-state index contributed by atoms with van der Waals surface area (Å²) in [6.45, 7) is 8.12. The Hall–Kier alpha value is -1.23. The average Bonchev–Trinajstić information content (AvgIpc) is 2.93. The Bertz CT molecular complexity index is 522. The maximum atomic E-state index is 6.08. The molecule has 20 heavy (non-hydrogen) atoms. The number of hydrogen-bond donors (Lipinski definition) is 1. The van der Waals surface area contributed by atoms with E-state index in [0.717, 1.165) is 6.54 Å². The molecule has 0 aliphatic carbocycles. The summed E-state index contributed by atoms with van der Waals surface area (Å²) in [7, 11) is 0. The van der Waals surface area contributed by atoms with Gasteiger partial charge in [-0.2, -0.15) is 0 Å². The number of pyridine rings is 1. The number of aryl methyl sites for hydroxylation is 1. The van der Waals surface area contributed by atoms with Crippen LogP contribution in [0.15, 0.2) is 36.0 Å².